The SMILES string of the molecule is Cc1cn2c(=O)cc(COC(=O)c3ccc(NC(=O)c4ccco4)cc3)nc2s1. The molecule has 1 aromatic carbocycles. The maximum absolute atomic E-state index is 12.3. The van der Waals surface area contributed by atoms with Crippen molar-refractivity contribution in [1.29, 1.82) is 0 Å². The second-order valence-electron chi connectivity index (χ2n) is 6.17. The molecule has 0 spiro atoms. The fraction of sp³-hybridized carbons (Fsp3) is 0.100. The van der Waals surface area contributed by atoms with Crippen LogP contribution in [0.4, 0.5) is 5.69 Å². The molecule has 0 saturated carbocycles. The first-order valence-electron chi connectivity index (χ1n) is 8.60. The summed E-state index contributed by atoms with van der Waals surface area (Å²) in [6.45, 7) is 1.78. The number of nitrogens with zero attached hydrogens (tertiary/aromatic N) is 2. The molecule has 4 rings (SSSR count). The first kappa shape index (κ1) is 18.6. The van der Waals surface area contributed by atoms with Gasteiger partial charge in [0.2, 0.25) is 0 Å². The van der Waals surface area contributed by atoms with E-state index in [1.54, 1.807) is 30.5 Å². The molecule has 29 heavy (non-hydrogen) atoms. The Morgan fingerprint density at radius 3 is 2.76 bits per heavy atom. The maximum atomic E-state index is 12.3. The first-order chi connectivity index (χ1) is 14.0. The van der Waals surface area contributed by atoms with Crippen LogP contribution in [0, 0.1) is 6.92 Å². The summed E-state index contributed by atoms with van der Waals surface area (Å²) in [5.74, 6) is -0.755. The lowest BCUT2D eigenvalue weighted by atomic mass is 10.2. The lowest BCUT2D eigenvalue weighted by Gasteiger charge is -2.06. The zero-order chi connectivity index (χ0) is 20.4. The van der Waals surface area contributed by atoms with Crippen LogP contribution in [0.15, 0.2) is 64.1 Å². The molecule has 1 N–H and O–H groups in total. The number of benzene rings is 1. The van der Waals surface area contributed by atoms with Gasteiger partial charge < -0.3 is 14.5 Å². The fourth-order valence-corrected chi connectivity index (χ4v) is 3.50. The molecule has 3 heterocycles. The average molecular weight is 409 g/mol. The third-order valence-corrected chi connectivity index (χ3v) is 4.91. The number of nitrogens with one attached hydrogen (secondary N) is 1. The highest BCUT2D eigenvalue weighted by Gasteiger charge is 2.12. The minimum Gasteiger partial charge on any atom is -0.459 e. The molecule has 0 aliphatic carbocycles. The van der Waals surface area contributed by atoms with Gasteiger partial charge in [0.25, 0.3) is 11.5 Å². The first-order valence-corrected chi connectivity index (χ1v) is 9.42. The number of hydrogen-bond donors (Lipinski definition) is 1. The molecule has 0 aliphatic rings. The minimum atomic E-state index is -0.557. The summed E-state index contributed by atoms with van der Waals surface area (Å²) >= 11 is 1.39. The van der Waals surface area contributed by atoms with E-state index in [1.165, 1.54) is 40.2 Å². The van der Waals surface area contributed by atoms with E-state index in [1.807, 2.05) is 6.92 Å². The predicted molar refractivity (Wildman–Crippen MR) is 106 cm³/mol. The van der Waals surface area contributed by atoms with Crippen molar-refractivity contribution >= 4 is 33.9 Å². The number of anilines is 1. The monoisotopic (exact) mass is 409 g/mol. The van der Waals surface area contributed by atoms with Crippen LogP contribution in [0.2, 0.25) is 0 Å². The van der Waals surface area contributed by atoms with Crippen LogP contribution in [0.1, 0.15) is 31.5 Å². The quantitative estimate of drug-likeness (QED) is 0.508. The molecular weight excluding hydrogens is 394 g/mol. The molecule has 146 valence electrons. The fourth-order valence-electron chi connectivity index (χ4n) is 2.65. The molecule has 3 aromatic heterocycles. The van der Waals surface area contributed by atoms with Crippen LogP contribution in [0.25, 0.3) is 4.96 Å². The molecule has 0 radical (unpaired) electrons. The molecule has 0 fully saturated rings. The standard InChI is InChI=1S/C20H15N3O5S/c1-12-10-23-17(24)9-15(22-20(23)29-12)11-28-19(26)13-4-6-14(7-5-13)21-18(25)16-3-2-8-27-16/h2-10H,11H2,1H3,(H,21,25). The zero-order valence-corrected chi connectivity index (χ0v) is 16.1. The van der Waals surface area contributed by atoms with E-state index in [0.29, 0.717) is 21.9 Å². The van der Waals surface area contributed by atoms with Crippen LogP contribution in [-0.2, 0) is 11.3 Å². The van der Waals surface area contributed by atoms with Gasteiger partial charge >= 0.3 is 5.97 Å². The molecule has 0 saturated heterocycles. The van der Waals surface area contributed by atoms with Crippen molar-refractivity contribution in [3.8, 4) is 0 Å². The van der Waals surface area contributed by atoms with Gasteiger partial charge in [-0.15, -0.1) is 11.3 Å². The number of esters is 1. The van der Waals surface area contributed by atoms with Gasteiger partial charge in [-0.25, -0.2) is 9.78 Å². The summed E-state index contributed by atoms with van der Waals surface area (Å²) in [6.07, 6.45) is 3.13. The Hall–Kier alpha value is -3.72. The summed E-state index contributed by atoms with van der Waals surface area (Å²) in [5.41, 5.74) is 0.983. The molecule has 0 aliphatic heterocycles. The number of furan rings is 1. The summed E-state index contributed by atoms with van der Waals surface area (Å²) in [7, 11) is 0. The topological polar surface area (TPSA) is 103 Å². The van der Waals surface area contributed by atoms with Crippen LogP contribution in [-0.4, -0.2) is 21.3 Å². The number of thiazole rings is 1. The molecule has 1 amide bonds. The predicted octanol–water partition coefficient (Wildman–Crippen LogP) is 3.27. The van der Waals surface area contributed by atoms with Crippen molar-refractivity contribution < 1.29 is 18.7 Å². The van der Waals surface area contributed by atoms with E-state index in [2.05, 4.69) is 10.3 Å². The Morgan fingerprint density at radius 1 is 1.24 bits per heavy atom. The number of rotatable bonds is 5. The third kappa shape index (κ3) is 4.09. The molecule has 8 nitrogen and oxygen atoms in total. The van der Waals surface area contributed by atoms with Crippen LogP contribution in [0.5, 0.6) is 0 Å². The number of ether oxygens (including phenoxy) is 1. The number of aromatic nitrogens is 2. The Bertz CT molecular complexity index is 1240. The third-order valence-electron chi connectivity index (χ3n) is 4.01. The van der Waals surface area contributed by atoms with Crippen LogP contribution < -0.4 is 10.9 Å². The van der Waals surface area contributed by atoms with Gasteiger partial charge in [-0.2, -0.15) is 0 Å². The van der Waals surface area contributed by atoms with Gasteiger partial charge in [0.15, 0.2) is 10.7 Å². The number of carbonyl (C=O) groups is 2. The van der Waals surface area contributed by atoms with E-state index in [0.717, 1.165) is 4.88 Å². The lowest BCUT2D eigenvalue weighted by molar-refractivity contribution is 0.0467. The van der Waals surface area contributed by atoms with Gasteiger partial charge in [0, 0.05) is 22.8 Å². The average Bonchev–Trinajstić information content (AvgIpc) is 3.36. The van der Waals surface area contributed by atoms with E-state index in [-0.39, 0.29) is 23.8 Å². The van der Waals surface area contributed by atoms with Crippen molar-refractivity contribution in [3.05, 3.63) is 87.2 Å². The van der Waals surface area contributed by atoms with Crippen molar-refractivity contribution in [2.24, 2.45) is 0 Å². The lowest BCUT2D eigenvalue weighted by Crippen LogP contribution is -2.15. The molecule has 9 heteroatoms. The number of aryl methyl sites for hydroxylation is 1. The Labute approximate surface area is 168 Å². The highest BCUT2D eigenvalue weighted by atomic mass is 32.1. The highest BCUT2D eigenvalue weighted by molar-refractivity contribution is 7.16. The normalized spacial score (nSPS) is 10.8. The second kappa shape index (κ2) is 7.72. The maximum Gasteiger partial charge on any atom is 0.338 e. The van der Waals surface area contributed by atoms with Crippen molar-refractivity contribution in [2.75, 3.05) is 5.32 Å². The smallest absolute Gasteiger partial charge is 0.338 e. The van der Waals surface area contributed by atoms with Gasteiger partial charge in [-0.05, 0) is 43.3 Å². The Balaban J connectivity index is 1.40. The summed E-state index contributed by atoms with van der Waals surface area (Å²) in [5, 5.41) is 2.66. The van der Waals surface area contributed by atoms with Crippen molar-refractivity contribution in [1.82, 2.24) is 9.38 Å². The largest absolute Gasteiger partial charge is 0.459 e. The molecular formula is C20H15N3O5S. The number of amides is 1. The van der Waals surface area contributed by atoms with Crippen molar-refractivity contribution in [2.45, 2.75) is 13.5 Å². The minimum absolute atomic E-state index is 0.113. The number of hydrogen-bond acceptors (Lipinski definition) is 7. The Kier molecular flexibility index (Phi) is 4.96. The van der Waals surface area contributed by atoms with Crippen LogP contribution >= 0.6 is 11.3 Å². The highest BCUT2D eigenvalue weighted by Crippen LogP contribution is 2.15. The van der Waals surface area contributed by atoms with E-state index < -0.39 is 5.97 Å². The van der Waals surface area contributed by atoms with Gasteiger partial charge in [0.05, 0.1) is 17.5 Å². The van der Waals surface area contributed by atoms with E-state index >= 15 is 0 Å². The second-order valence-corrected chi connectivity index (χ2v) is 7.38. The molecule has 4 aromatic rings. The molecule has 0 unspecified atom stereocenters. The summed E-state index contributed by atoms with van der Waals surface area (Å²) in [4.78, 5) is 42.1. The van der Waals surface area contributed by atoms with Gasteiger partial charge in [-0.1, -0.05) is 0 Å². The van der Waals surface area contributed by atoms with E-state index in [9.17, 15) is 14.4 Å². The van der Waals surface area contributed by atoms with Crippen LogP contribution in [0.3, 0.4) is 0 Å². The number of carbonyl (C=O) groups excluding carboxylic acids is 2. The summed E-state index contributed by atoms with van der Waals surface area (Å²) < 4.78 is 11.7. The van der Waals surface area contributed by atoms with E-state index in [4.69, 9.17) is 9.15 Å². The Morgan fingerprint density at radius 2 is 2.03 bits per heavy atom. The summed E-state index contributed by atoms with van der Waals surface area (Å²) in [6, 6.07) is 10.8. The zero-order valence-electron chi connectivity index (χ0n) is 15.2. The number of fused-ring (bicyclic) bond motifs is 1. The van der Waals surface area contributed by atoms with Gasteiger partial charge in [0.1, 0.15) is 6.61 Å². The van der Waals surface area contributed by atoms with Gasteiger partial charge in [-0.3, -0.25) is 14.0 Å². The molecule has 0 bridgehead atoms. The van der Waals surface area contributed by atoms with Crippen molar-refractivity contribution in [3.63, 3.8) is 0 Å². The molecule has 0 atom stereocenters.